The molecular weight excluding hydrogens is 302 g/mol. The predicted octanol–water partition coefficient (Wildman–Crippen LogP) is 5.46. The number of aromatic nitrogens is 1. The third-order valence-electron chi connectivity index (χ3n) is 3.96. The molecule has 0 aliphatic carbocycles. The Morgan fingerprint density at radius 2 is 1.75 bits per heavy atom. The van der Waals surface area contributed by atoms with E-state index in [1.807, 2.05) is 42.5 Å². The summed E-state index contributed by atoms with van der Waals surface area (Å²) in [5, 5.41) is 0. The van der Waals surface area contributed by atoms with Gasteiger partial charge in [0.15, 0.2) is 5.58 Å². The molecule has 0 aliphatic rings. The van der Waals surface area contributed by atoms with Crippen LogP contribution in [0.2, 0.25) is 0 Å². The second-order valence-corrected chi connectivity index (χ2v) is 5.79. The zero-order chi connectivity index (χ0) is 16.8. The van der Waals surface area contributed by atoms with Crippen LogP contribution in [0, 0.1) is 0 Å². The van der Waals surface area contributed by atoms with Crippen molar-refractivity contribution >= 4 is 11.1 Å². The standard InChI is InChI=1S/C20H23NO3/c1-3-4-5-6-13-23-16-9-7-15(8-10-16)20-21-18-14-17(22-2)11-12-19(18)24-20/h7-12,14H,3-6,13H2,1-2H3. The highest BCUT2D eigenvalue weighted by Gasteiger charge is 2.09. The largest absolute Gasteiger partial charge is 0.497 e. The minimum atomic E-state index is 0.604. The predicted molar refractivity (Wildman–Crippen MR) is 95.6 cm³/mol. The van der Waals surface area contributed by atoms with Crippen LogP contribution in [0.1, 0.15) is 32.6 Å². The SMILES string of the molecule is CCCCCCOc1ccc(-c2nc3cc(OC)ccc3o2)cc1. The van der Waals surface area contributed by atoms with Crippen molar-refractivity contribution in [3.8, 4) is 23.0 Å². The van der Waals surface area contributed by atoms with Crippen molar-refractivity contribution in [2.45, 2.75) is 32.6 Å². The average Bonchev–Trinajstić information content (AvgIpc) is 3.05. The number of methoxy groups -OCH3 is 1. The van der Waals surface area contributed by atoms with Gasteiger partial charge in [0.25, 0.3) is 0 Å². The van der Waals surface area contributed by atoms with Gasteiger partial charge in [-0.1, -0.05) is 26.2 Å². The molecule has 0 bridgehead atoms. The molecule has 0 fully saturated rings. The number of hydrogen-bond acceptors (Lipinski definition) is 4. The summed E-state index contributed by atoms with van der Waals surface area (Å²) in [6.07, 6.45) is 4.83. The minimum Gasteiger partial charge on any atom is -0.497 e. The van der Waals surface area contributed by atoms with Crippen LogP contribution in [-0.4, -0.2) is 18.7 Å². The lowest BCUT2D eigenvalue weighted by atomic mass is 10.2. The van der Waals surface area contributed by atoms with E-state index in [1.165, 1.54) is 19.3 Å². The summed E-state index contributed by atoms with van der Waals surface area (Å²) >= 11 is 0. The number of benzene rings is 2. The molecule has 4 nitrogen and oxygen atoms in total. The molecule has 126 valence electrons. The monoisotopic (exact) mass is 325 g/mol. The Balaban J connectivity index is 1.66. The molecule has 2 aromatic carbocycles. The van der Waals surface area contributed by atoms with Crippen molar-refractivity contribution in [1.29, 1.82) is 0 Å². The highest BCUT2D eigenvalue weighted by Crippen LogP contribution is 2.28. The van der Waals surface area contributed by atoms with Crippen LogP contribution in [-0.2, 0) is 0 Å². The van der Waals surface area contributed by atoms with Crippen LogP contribution in [0.4, 0.5) is 0 Å². The van der Waals surface area contributed by atoms with Gasteiger partial charge in [-0.3, -0.25) is 0 Å². The number of nitrogens with zero attached hydrogens (tertiary/aromatic N) is 1. The van der Waals surface area contributed by atoms with Gasteiger partial charge in [-0.25, -0.2) is 4.98 Å². The van der Waals surface area contributed by atoms with Crippen LogP contribution in [0.5, 0.6) is 11.5 Å². The van der Waals surface area contributed by atoms with Crippen LogP contribution >= 0.6 is 0 Å². The highest BCUT2D eigenvalue weighted by atomic mass is 16.5. The molecule has 0 N–H and O–H groups in total. The summed E-state index contributed by atoms with van der Waals surface area (Å²) in [5.41, 5.74) is 2.48. The lowest BCUT2D eigenvalue weighted by Crippen LogP contribution is -1.96. The number of rotatable bonds is 8. The summed E-state index contributed by atoms with van der Waals surface area (Å²) in [6, 6.07) is 13.5. The molecule has 1 aromatic heterocycles. The maximum atomic E-state index is 5.81. The van der Waals surface area contributed by atoms with E-state index in [0.29, 0.717) is 5.89 Å². The molecular formula is C20H23NO3. The summed E-state index contributed by atoms with van der Waals surface area (Å²) < 4.78 is 16.8. The van der Waals surface area contributed by atoms with E-state index in [4.69, 9.17) is 13.9 Å². The van der Waals surface area contributed by atoms with Crippen LogP contribution in [0.3, 0.4) is 0 Å². The molecule has 1 heterocycles. The first-order valence-corrected chi connectivity index (χ1v) is 8.48. The first-order valence-electron chi connectivity index (χ1n) is 8.48. The van der Waals surface area contributed by atoms with Gasteiger partial charge in [-0.2, -0.15) is 0 Å². The van der Waals surface area contributed by atoms with Gasteiger partial charge in [0, 0.05) is 11.6 Å². The summed E-state index contributed by atoms with van der Waals surface area (Å²) in [6.45, 7) is 2.98. The van der Waals surface area contributed by atoms with E-state index in [0.717, 1.165) is 41.2 Å². The summed E-state index contributed by atoms with van der Waals surface area (Å²) in [5.74, 6) is 2.26. The van der Waals surface area contributed by atoms with E-state index in [-0.39, 0.29) is 0 Å². The number of ether oxygens (including phenoxy) is 2. The molecule has 0 unspecified atom stereocenters. The third kappa shape index (κ3) is 3.88. The van der Waals surface area contributed by atoms with Crippen LogP contribution in [0.15, 0.2) is 46.9 Å². The third-order valence-corrected chi connectivity index (χ3v) is 3.96. The maximum Gasteiger partial charge on any atom is 0.227 e. The molecule has 0 aliphatic heterocycles. The van der Waals surface area contributed by atoms with E-state index >= 15 is 0 Å². The van der Waals surface area contributed by atoms with Gasteiger partial charge in [0.1, 0.15) is 17.0 Å². The Hall–Kier alpha value is -2.49. The van der Waals surface area contributed by atoms with Crippen molar-refractivity contribution < 1.29 is 13.9 Å². The Kier molecular flexibility index (Phi) is 5.36. The molecule has 0 atom stereocenters. The molecule has 3 aromatic rings. The Morgan fingerprint density at radius 3 is 2.50 bits per heavy atom. The second-order valence-electron chi connectivity index (χ2n) is 5.79. The normalized spacial score (nSPS) is 10.9. The fraction of sp³-hybridized carbons (Fsp3) is 0.350. The summed E-state index contributed by atoms with van der Waals surface area (Å²) in [7, 11) is 1.64. The number of unbranched alkanes of at least 4 members (excludes halogenated alkanes) is 3. The average molecular weight is 325 g/mol. The molecule has 0 amide bonds. The lowest BCUT2D eigenvalue weighted by Gasteiger charge is -2.06. The van der Waals surface area contributed by atoms with E-state index in [2.05, 4.69) is 11.9 Å². The molecule has 0 saturated carbocycles. The number of oxazole rings is 1. The zero-order valence-corrected chi connectivity index (χ0v) is 14.2. The van der Waals surface area contributed by atoms with Gasteiger partial charge in [-0.15, -0.1) is 0 Å². The molecule has 0 spiro atoms. The zero-order valence-electron chi connectivity index (χ0n) is 14.2. The van der Waals surface area contributed by atoms with Crippen molar-refractivity contribution in [2.24, 2.45) is 0 Å². The van der Waals surface area contributed by atoms with Crippen molar-refractivity contribution in [3.05, 3.63) is 42.5 Å². The van der Waals surface area contributed by atoms with Gasteiger partial charge in [-0.05, 0) is 42.8 Å². The fourth-order valence-electron chi connectivity index (χ4n) is 2.57. The number of hydrogen-bond donors (Lipinski definition) is 0. The van der Waals surface area contributed by atoms with Crippen LogP contribution in [0.25, 0.3) is 22.6 Å². The van der Waals surface area contributed by atoms with Crippen molar-refractivity contribution in [1.82, 2.24) is 4.98 Å². The minimum absolute atomic E-state index is 0.604. The van der Waals surface area contributed by atoms with Gasteiger partial charge < -0.3 is 13.9 Å². The smallest absolute Gasteiger partial charge is 0.227 e. The van der Waals surface area contributed by atoms with E-state index in [1.54, 1.807) is 7.11 Å². The Labute approximate surface area is 142 Å². The molecule has 0 saturated heterocycles. The molecule has 3 rings (SSSR count). The van der Waals surface area contributed by atoms with Crippen molar-refractivity contribution in [3.63, 3.8) is 0 Å². The maximum absolute atomic E-state index is 5.81. The fourth-order valence-corrected chi connectivity index (χ4v) is 2.57. The molecule has 24 heavy (non-hydrogen) atoms. The Bertz CT molecular complexity index is 777. The van der Waals surface area contributed by atoms with Crippen LogP contribution < -0.4 is 9.47 Å². The quantitative estimate of drug-likeness (QED) is 0.516. The molecule has 4 heteroatoms. The summed E-state index contributed by atoms with van der Waals surface area (Å²) in [4.78, 5) is 4.53. The Morgan fingerprint density at radius 1 is 0.958 bits per heavy atom. The highest BCUT2D eigenvalue weighted by molar-refractivity contribution is 5.77. The topological polar surface area (TPSA) is 44.5 Å². The van der Waals surface area contributed by atoms with Gasteiger partial charge in [0.05, 0.1) is 13.7 Å². The second kappa shape index (κ2) is 7.86. The van der Waals surface area contributed by atoms with Gasteiger partial charge in [0.2, 0.25) is 5.89 Å². The first-order chi connectivity index (χ1) is 11.8. The number of fused-ring (bicyclic) bond motifs is 1. The lowest BCUT2D eigenvalue weighted by molar-refractivity contribution is 0.305. The van der Waals surface area contributed by atoms with E-state index < -0.39 is 0 Å². The van der Waals surface area contributed by atoms with Gasteiger partial charge >= 0.3 is 0 Å². The molecule has 0 radical (unpaired) electrons. The first kappa shape index (κ1) is 16.4. The van der Waals surface area contributed by atoms with E-state index in [9.17, 15) is 0 Å². The van der Waals surface area contributed by atoms with Crippen molar-refractivity contribution in [2.75, 3.05) is 13.7 Å².